The first kappa shape index (κ1) is 10.5. The highest BCUT2D eigenvalue weighted by molar-refractivity contribution is 7.90. The Balaban J connectivity index is 2.37. The predicted octanol–water partition coefficient (Wildman–Crippen LogP) is -0.810. The fourth-order valence-electron chi connectivity index (χ4n) is 0.860. The van der Waals surface area contributed by atoms with E-state index in [0.29, 0.717) is 12.5 Å². The topological polar surface area (TPSA) is 89.3 Å². The van der Waals surface area contributed by atoms with Crippen molar-refractivity contribution in [2.75, 3.05) is 6.54 Å². The number of hydrogen-bond donors (Lipinski definition) is 2. The number of carbonyl (C=O) groups is 1. The van der Waals surface area contributed by atoms with E-state index >= 15 is 0 Å². The summed E-state index contributed by atoms with van der Waals surface area (Å²) < 4.78 is 21.5. The van der Waals surface area contributed by atoms with E-state index in [9.17, 15) is 13.2 Å². The van der Waals surface area contributed by atoms with Gasteiger partial charge in [0.15, 0.2) is 5.25 Å². The van der Waals surface area contributed by atoms with Gasteiger partial charge < -0.3 is 5.32 Å². The van der Waals surface area contributed by atoms with Gasteiger partial charge in [0, 0.05) is 6.54 Å². The van der Waals surface area contributed by atoms with Crippen LogP contribution in [0, 0.1) is 5.92 Å². The van der Waals surface area contributed by atoms with Crippen molar-refractivity contribution in [2.24, 2.45) is 11.1 Å². The molecule has 0 bridgehead atoms. The Hall–Kier alpha value is -0.620. The van der Waals surface area contributed by atoms with Gasteiger partial charge in [-0.1, -0.05) is 0 Å². The Kier molecular flexibility index (Phi) is 2.92. The van der Waals surface area contributed by atoms with Crippen LogP contribution in [0.3, 0.4) is 0 Å². The van der Waals surface area contributed by atoms with Gasteiger partial charge in [-0.3, -0.25) is 4.79 Å². The number of hydrogen-bond acceptors (Lipinski definition) is 3. The molecule has 1 unspecified atom stereocenters. The van der Waals surface area contributed by atoms with Crippen molar-refractivity contribution in [1.82, 2.24) is 5.32 Å². The normalized spacial score (nSPS) is 19.5. The molecule has 0 heterocycles. The van der Waals surface area contributed by atoms with E-state index < -0.39 is 21.2 Å². The molecule has 76 valence electrons. The van der Waals surface area contributed by atoms with E-state index in [1.165, 1.54) is 6.92 Å². The summed E-state index contributed by atoms with van der Waals surface area (Å²) in [5, 5.41) is 6.22. The first-order valence-electron chi connectivity index (χ1n) is 4.20. The van der Waals surface area contributed by atoms with Crippen molar-refractivity contribution in [1.29, 1.82) is 0 Å². The van der Waals surface area contributed by atoms with E-state index in [4.69, 9.17) is 5.14 Å². The van der Waals surface area contributed by atoms with Crippen LogP contribution in [-0.2, 0) is 14.8 Å². The minimum Gasteiger partial charge on any atom is -0.355 e. The van der Waals surface area contributed by atoms with Gasteiger partial charge in [0.1, 0.15) is 0 Å². The Labute approximate surface area is 77.7 Å². The van der Waals surface area contributed by atoms with E-state index in [-0.39, 0.29) is 0 Å². The van der Waals surface area contributed by atoms with Crippen molar-refractivity contribution in [3.63, 3.8) is 0 Å². The molecule has 3 N–H and O–H groups in total. The number of primary sulfonamides is 1. The summed E-state index contributed by atoms with van der Waals surface area (Å²) >= 11 is 0. The quantitative estimate of drug-likeness (QED) is 0.630. The van der Waals surface area contributed by atoms with Gasteiger partial charge in [-0.2, -0.15) is 0 Å². The third kappa shape index (κ3) is 3.31. The summed E-state index contributed by atoms with van der Waals surface area (Å²) in [5.74, 6) is 0.0334. The van der Waals surface area contributed by atoms with Crippen molar-refractivity contribution in [2.45, 2.75) is 25.0 Å². The Morgan fingerprint density at radius 3 is 2.54 bits per heavy atom. The summed E-state index contributed by atoms with van der Waals surface area (Å²) in [4.78, 5) is 11.2. The van der Waals surface area contributed by atoms with E-state index in [0.717, 1.165) is 12.8 Å². The van der Waals surface area contributed by atoms with E-state index in [1.807, 2.05) is 0 Å². The molecule has 1 amide bonds. The maximum Gasteiger partial charge on any atom is 0.239 e. The van der Waals surface area contributed by atoms with Crippen LogP contribution < -0.4 is 10.5 Å². The zero-order valence-electron chi connectivity index (χ0n) is 7.49. The smallest absolute Gasteiger partial charge is 0.239 e. The number of nitrogens with two attached hydrogens (primary N) is 1. The molecule has 1 rings (SSSR count). The third-order valence-electron chi connectivity index (χ3n) is 2.12. The SMILES string of the molecule is CC(C(=O)NCC1CC1)S(N)(=O)=O. The highest BCUT2D eigenvalue weighted by Gasteiger charge is 2.27. The minimum atomic E-state index is -3.74. The maximum absolute atomic E-state index is 11.2. The lowest BCUT2D eigenvalue weighted by Gasteiger charge is -2.09. The number of carbonyl (C=O) groups excluding carboxylic acids is 1. The second kappa shape index (κ2) is 3.63. The predicted molar refractivity (Wildman–Crippen MR) is 48.3 cm³/mol. The Bertz CT molecular complexity index is 295. The fraction of sp³-hybridized carbons (Fsp3) is 0.857. The van der Waals surface area contributed by atoms with Crippen LogP contribution in [0.2, 0.25) is 0 Å². The Morgan fingerprint density at radius 2 is 2.15 bits per heavy atom. The lowest BCUT2D eigenvalue weighted by Crippen LogP contribution is -2.41. The molecule has 1 fully saturated rings. The molecule has 0 aromatic rings. The van der Waals surface area contributed by atoms with Crippen molar-refractivity contribution >= 4 is 15.9 Å². The van der Waals surface area contributed by atoms with Crippen molar-refractivity contribution in [3.8, 4) is 0 Å². The van der Waals surface area contributed by atoms with Crippen molar-refractivity contribution in [3.05, 3.63) is 0 Å². The largest absolute Gasteiger partial charge is 0.355 e. The standard InChI is InChI=1S/C7H14N2O3S/c1-5(13(8,11)12)7(10)9-4-6-2-3-6/h5-6H,2-4H2,1H3,(H,9,10)(H2,8,11,12). The maximum atomic E-state index is 11.2. The summed E-state index contributed by atoms with van der Waals surface area (Å²) in [7, 11) is -3.74. The highest BCUT2D eigenvalue weighted by atomic mass is 32.2. The molecule has 1 atom stereocenters. The lowest BCUT2D eigenvalue weighted by molar-refractivity contribution is -0.120. The average molecular weight is 206 g/mol. The number of sulfonamides is 1. The molecule has 1 aliphatic rings. The van der Waals surface area contributed by atoms with Crippen LogP contribution in [0.1, 0.15) is 19.8 Å². The lowest BCUT2D eigenvalue weighted by atomic mass is 10.4. The van der Waals surface area contributed by atoms with Crippen LogP contribution in [0.5, 0.6) is 0 Å². The first-order chi connectivity index (χ1) is 5.91. The molecule has 0 saturated heterocycles. The van der Waals surface area contributed by atoms with Gasteiger partial charge >= 0.3 is 0 Å². The van der Waals surface area contributed by atoms with Gasteiger partial charge in [0.25, 0.3) is 0 Å². The molecule has 0 aliphatic heterocycles. The van der Waals surface area contributed by atoms with Crippen LogP contribution in [0.25, 0.3) is 0 Å². The monoisotopic (exact) mass is 206 g/mol. The van der Waals surface area contributed by atoms with Gasteiger partial charge in [-0.25, -0.2) is 13.6 Å². The van der Waals surface area contributed by atoms with Crippen LogP contribution in [-0.4, -0.2) is 26.1 Å². The Morgan fingerprint density at radius 1 is 1.62 bits per heavy atom. The minimum absolute atomic E-state index is 0.505. The highest BCUT2D eigenvalue weighted by Crippen LogP contribution is 2.27. The molecule has 13 heavy (non-hydrogen) atoms. The second-order valence-corrected chi connectivity index (χ2v) is 5.30. The fourth-order valence-corrected chi connectivity index (χ4v) is 1.24. The average Bonchev–Trinajstić information content (AvgIpc) is 2.80. The summed E-state index contributed by atoms with van der Waals surface area (Å²) in [6.07, 6.45) is 2.23. The van der Waals surface area contributed by atoms with E-state index in [2.05, 4.69) is 5.32 Å². The van der Waals surface area contributed by atoms with Gasteiger partial charge in [0.2, 0.25) is 15.9 Å². The molecule has 0 radical (unpaired) electrons. The molecule has 1 saturated carbocycles. The van der Waals surface area contributed by atoms with Gasteiger partial charge in [-0.05, 0) is 25.7 Å². The zero-order chi connectivity index (χ0) is 10.1. The van der Waals surface area contributed by atoms with Crippen LogP contribution in [0.4, 0.5) is 0 Å². The molecular weight excluding hydrogens is 192 g/mol. The van der Waals surface area contributed by atoms with E-state index in [1.54, 1.807) is 0 Å². The summed E-state index contributed by atoms with van der Waals surface area (Å²) in [6, 6.07) is 0. The molecule has 0 aromatic carbocycles. The zero-order valence-corrected chi connectivity index (χ0v) is 8.30. The second-order valence-electron chi connectivity index (χ2n) is 3.42. The third-order valence-corrected chi connectivity index (χ3v) is 3.32. The van der Waals surface area contributed by atoms with Gasteiger partial charge in [0.05, 0.1) is 0 Å². The van der Waals surface area contributed by atoms with Gasteiger partial charge in [-0.15, -0.1) is 0 Å². The number of amides is 1. The van der Waals surface area contributed by atoms with Crippen LogP contribution in [0.15, 0.2) is 0 Å². The molecule has 0 aromatic heterocycles. The first-order valence-corrected chi connectivity index (χ1v) is 5.81. The summed E-state index contributed by atoms with van der Waals surface area (Å²) in [6.45, 7) is 1.86. The van der Waals surface area contributed by atoms with Crippen LogP contribution >= 0.6 is 0 Å². The molecular formula is C7H14N2O3S. The number of rotatable bonds is 4. The summed E-state index contributed by atoms with van der Waals surface area (Å²) in [5.41, 5.74) is 0. The molecule has 0 spiro atoms. The molecule has 5 nitrogen and oxygen atoms in total. The molecule has 6 heteroatoms. The number of nitrogens with one attached hydrogen (secondary N) is 1. The van der Waals surface area contributed by atoms with Crippen molar-refractivity contribution < 1.29 is 13.2 Å². The molecule has 1 aliphatic carbocycles.